The van der Waals surface area contributed by atoms with Crippen molar-refractivity contribution in [3.8, 4) is 5.88 Å². The van der Waals surface area contributed by atoms with Gasteiger partial charge in [-0.1, -0.05) is 12.2 Å². The van der Waals surface area contributed by atoms with E-state index >= 15 is 0 Å². The molecule has 0 atom stereocenters. The summed E-state index contributed by atoms with van der Waals surface area (Å²) >= 11 is 0. The number of nitrogens with zero attached hydrogens (tertiary/aromatic N) is 2. The molecule has 0 aliphatic heterocycles. The topological polar surface area (TPSA) is 77.3 Å². The molecule has 0 fully saturated rings. The summed E-state index contributed by atoms with van der Waals surface area (Å²) in [6.07, 6.45) is 3.56. The molecule has 1 aromatic heterocycles. The molecule has 0 saturated heterocycles. The van der Waals surface area contributed by atoms with E-state index in [9.17, 15) is 10.1 Å². The first-order valence-corrected chi connectivity index (χ1v) is 5.32. The van der Waals surface area contributed by atoms with Gasteiger partial charge in [0.05, 0.1) is 4.92 Å². The van der Waals surface area contributed by atoms with Gasteiger partial charge in [-0.05, 0) is 19.9 Å². The molecule has 17 heavy (non-hydrogen) atoms. The second kappa shape index (κ2) is 6.47. The van der Waals surface area contributed by atoms with Crippen LogP contribution in [0.3, 0.4) is 0 Å². The number of allylic oxidation sites excluding steroid dienone is 1. The zero-order chi connectivity index (χ0) is 12.7. The van der Waals surface area contributed by atoms with Crippen molar-refractivity contribution in [2.24, 2.45) is 0 Å². The Morgan fingerprint density at radius 2 is 2.35 bits per heavy atom. The molecule has 0 radical (unpaired) electrons. The van der Waals surface area contributed by atoms with Crippen LogP contribution in [0.25, 0.3) is 0 Å². The van der Waals surface area contributed by atoms with Crippen LogP contribution in [0.1, 0.15) is 13.8 Å². The molecule has 0 spiro atoms. The molecule has 1 aromatic rings. The third kappa shape index (κ3) is 3.75. The van der Waals surface area contributed by atoms with E-state index < -0.39 is 4.92 Å². The first-order valence-electron chi connectivity index (χ1n) is 5.32. The van der Waals surface area contributed by atoms with Gasteiger partial charge in [0.1, 0.15) is 12.4 Å². The predicted octanol–water partition coefficient (Wildman–Crippen LogP) is 2.38. The fourth-order valence-corrected chi connectivity index (χ4v) is 1.18. The third-order valence-corrected chi connectivity index (χ3v) is 1.95. The number of hydrogen-bond acceptors (Lipinski definition) is 5. The van der Waals surface area contributed by atoms with Crippen molar-refractivity contribution >= 4 is 11.5 Å². The lowest BCUT2D eigenvalue weighted by molar-refractivity contribution is -0.386. The van der Waals surface area contributed by atoms with E-state index in [4.69, 9.17) is 4.74 Å². The van der Waals surface area contributed by atoms with Gasteiger partial charge in [-0.2, -0.15) is 4.98 Å². The van der Waals surface area contributed by atoms with Crippen molar-refractivity contribution < 1.29 is 9.66 Å². The highest BCUT2D eigenvalue weighted by molar-refractivity contribution is 5.49. The van der Waals surface area contributed by atoms with Gasteiger partial charge in [-0.3, -0.25) is 10.1 Å². The van der Waals surface area contributed by atoms with Crippen LogP contribution in [0, 0.1) is 10.1 Å². The molecule has 0 aliphatic carbocycles. The third-order valence-electron chi connectivity index (χ3n) is 1.95. The molecule has 6 heteroatoms. The largest absolute Gasteiger partial charge is 0.469 e. The van der Waals surface area contributed by atoms with E-state index in [0.717, 1.165) is 0 Å². The van der Waals surface area contributed by atoms with E-state index in [1.807, 2.05) is 13.8 Å². The van der Waals surface area contributed by atoms with E-state index in [0.29, 0.717) is 12.4 Å². The number of nitro groups is 1. The maximum atomic E-state index is 10.8. The average molecular weight is 237 g/mol. The van der Waals surface area contributed by atoms with Crippen molar-refractivity contribution in [3.63, 3.8) is 0 Å². The fraction of sp³-hybridized carbons (Fsp3) is 0.364. The molecule has 0 bridgehead atoms. The molecule has 0 saturated carbocycles. The molecule has 0 unspecified atom stereocenters. The average Bonchev–Trinajstić information content (AvgIpc) is 2.30. The maximum absolute atomic E-state index is 10.8. The Kier molecular flexibility index (Phi) is 4.93. The summed E-state index contributed by atoms with van der Waals surface area (Å²) in [6.45, 7) is 4.72. The summed E-state index contributed by atoms with van der Waals surface area (Å²) in [4.78, 5) is 14.3. The standard InChI is InChI=1S/C11H15N3O3/c1-3-5-8-17-11-9(14(15)16)6-7-10(13-11)12-4-2/h3,5-7H,4,8H2,1-2H3,(H,12,13)/b5-3+. The van der Waals surface area contributed by atoms with Crippen molar-refractivity contribution in [3.05, 3.63) is 34.4 Å². The summed E-state index contributed by atoms with van der Waals surface area (Å²) < 4.78 is 5.25. The van der Waals surface area contributed by atoms with Gasteiger partial charge in [0.2, 0.25) is 0 Å². The van der Waals surface area contributed by atoms with Crippen LogP contribution in [-0.4, -0.2) is 23.1 Å². The minimum Gasteiger partial charge on any atom is -0.469 e. The van der Waals surface area contributed by atoms with Crippen molar-refractivity contribution in [1.82, 2.24) is 4.98 Å². The van der Waals surface area contributed by atoms with Gasteiger partial charge in [-0.25, -0.2) is 0 Å². The summed E-state index contributed by atoms with van der Waals surface area (Å²) in [5, 5.41) is 13.7. The maximum Gasteiger partial charge on any atom is 0.331 e. The molecule has 6 nitrogen and oxygen atoms in total. The Balaban J connectivity index is 2.93. The monoisotopic (exact) mass is 237 g/mol. The van der Waals surface area contributed by atoms with Gasteiger partial charge in [0.25, 0.3) is 5.88 Å². The number of aromatic nitrogens is 1. The van der Waals surface area contributed by atoms with Gasteiger partial charge < -0.3 is 10.1 Å². The van der Waals surface area contributed by atoms with Crippen LogP contribution in [0.4, 0.5) is 11.5 Å². The summed E-state index contributed by atoms with van der Waals surface area (Å²) in [6, 6.07) is 2.94. The normalized spacial score (nSPS) is 10.5. The minimum absolute atomic E-state index is 0.0338. The molecule has 1 rings (SSSR count). The van der Waals surface area contributed by atoms with Crippen LogP contribution >= 0.6 is 0 Å². The van der Waals surface area contributed by atoms with Crippen molar-refractivity contribution in [2.75, 3.05) is 18.5 Å². The van der Waals surface area contributed by atoms with E-state index in [-0.39, 0.29) is 18.2 Å². The van der Waals surface area contributed by atoms with Gasteiger partial charge in [-0.15, -0.1) is 0 Å². The van der Waals surface area contributed by atoms with Gasteiger partial charge in [0.15, 0.2) is 0 Å². The predicted molar refractivity (Wildman–Crippen MR) is 65.4 cm³/mol. The van der Waals surface area contributed by atoms with E-state index in [2.05, 4.69) is 10.3 Å². The lowest BCUT2D eigenvalue weighted by Crippen LogP contribution is -2.04. The number of hydrogen-bond donors (Lipinski definition) is 1. The zero-order valence-electron chi connectivity index (χ0n) is 9.84. The van der Waals surface area contributed by atoms with E-state index in [1.54, 1.807) is 18.2 Å². The summed E-state index contributed by atoms with van der Waals surface area (Å²) in [7, 11) is 0. The Hall–Kier alpha value is -2.11. The summed E-state index contributed by atoms with van der Waals surface area (Å²) in [5.41, 5.74) is -0.129. The van der Waals surface area contributed by atoms with Gasteiger partial charge in [0, 0.05) is 12.6 Å². The van der Waals surface area contributed by atoms with Crippen molar-refractivity contribution in [2.45, 2.75) is 13.8 Å². The Labute approximate surface area is 99.5 Å². The lowest BCUT2D eigenvalue weighted by atomic mass is 10.4. The molecule has 0 amide bonds. The Morgan fingerprint density at radius 3 is 2.94 bits per heavy atom. The Morgan fingerprint density at radius 1 is 1.59 bits per heavy atom. The highest BCUT2D eigenvalue weighted by Crippen LogP contribution is 2.26. The SMILES string of the molecule is C/C=C/COc1nc(NCC)ccc1[N+](=O)[O-]. The van der Waals surface area contributed by atoms with Crippen LogP contribution in [0.15, 0.2) is 24.3 Å². The van der Waals surface area contributed by atoms with Crippen LogP contribution in [0.5, 0.6) is 5.88 Å². The number of ether oxygens (including phenoxy) is 1. The Bertz CT molecular complexity index is 418. The fourth-order valence-electron chi connectivity index (χ4n) is 1.18. The van der Waals surface area contributed by atoms with Gasteiger partial charge >= 0.3 is 5.69 Å². The molecule has 0 aliphatic rings. The molecule has 92 valence electrons. The van der Waals surface area contributed by atoms with Crippen LogP contribution < -0.4 is 10.1 Å². The highest BCUT2D eigenvalue weighted by atomic mass is 16.6. The second-order valence-corrected chi connectivity index (χ2v) is 3.19. The van der Waals surface area contributed by atoms with Crippen LogP contribution in [-0.2, 0) is 0 Å². The first-order chi connectivity index (χ1) is 8.19. The minimum atomic E-state index is -0.506. The molecule has 1 heterocycles. The lowest BCUT2D eigenvalue weighted by Gasteiger charge is -2.06. The second-order valence-electron chi connectivity index (χ2n) is 3.19. The molecule has 1 N–H and O–H groups in total. The molecular formula is C11H15N3O3. The first kappa shape index (κ1) is 13.0. The summed E-state index contributed by atoms with van der Waals surface area (Å²) in [5.74, 6) is 0.597. The molecular weight excluding hydrogens is 222 g/mol. The number of pyridine rings is 1. The number of anilines is 1. The smallest absolute Gasteiger partial charge is 0.331 e. The number of rotatable bonds is 6. The quantitative estimate of drug-likeness (QED) is 0.467. The van der Waals surface area contributed by atoms with Crippen LogP contribution in [0.2, 0.25) is 0 Å². The zero-order valence-corrected chi connectivity index (χ0v) is 9.84. The highest BCUT2D eigenvalue weighted by Gasteiger charge is 2.17. The van der Waals surface area contributed by atoms with E-state index in [1.165, 1.54) is 6.07 Å². The molecule has 0 aromatic carbocycles. The van der Waals surface area contributed by atoms with Crippen molar-refractivity contribution in [1.29, 1.82) is 0 Å². The number of nitrogens with one attached hydrogen (secondary N) is 1.